The van der Waals surface area contributed by atoms with Crippen molar-refractivity contribution in [2.75, 3.05) is 12.4 Å². The highest BCUT2D eigenvalue weighted by Gasteiger charge is 2.12. The summed E-state index contributed by atoms with van der Waals surface area (Å²) in [5.74, 6) is 0.855. The molecule has 1 aromatic heterocycles. The zero-order valence-corrected chi connectivity index (χ0v) is 15.1. The fourth-order valence-corrected chi connectivity index (χ4v) is 3.16. The second-order valence-corrected chi connectivity index (χ2v) is 6.28. The molecule has 0 unspecified atom stereocenters. The van der Waals surface area contributed by atoms with Crippen LogP contribution in [0.2, 0.25) is 0 Å². The van der Waals surface area contributed by atoms with Crippen LogP contribution in [0.15, 0.2) is 36.5 Å². The lowest BCUT2D eigenvalue weighted by Gasteiger charge is -2.15. The first kappa shape index (κ1) is 17.7. The van der Waals surface area contributed by atoms with Gasteiger partial charge in [0, 0.05) is 23.7 Å². The van der Waals surface area contributed by atoms with Crippen LogP contribution < -0.4 is 10.1 Å². The van der Waals surface area contributed by atoms with E-state index in [1.165, 1.54) is 0 Å². The third-order valence-corrected chi connectivity index (χ3v) is 4.47. The lowest BCUT2D eigenvalue weighted by molar-refractivity contribution is 0.282. The van der Waals surface area contributed by atoms with E-state index in [2.05, 4.69) is 22.4 Å². The van der Waals surface area contributed by atoms with Crippen molar-refractivity contribution in [2.45, 2.75) is 27.0 Å². The average molecular weight is 347 g/mol. The Bertz CT molecular complexity index is 1010. The van der Waals surface area contributed by atoms with Crippen LogP contribution in [0.5, 0.6) is 5.75 Å². The van der Waals surface area contributed by atoms with Gasteiger partial charge >= 0.3 is 0 Å². The number of nitrogens with zero attached hydrogens (tertiary/aromatic N) is 2. The summed E-state index contributed by atoms with van der Waals surface area (Å²) in [6.45, 7) is 4.41. The van der Waals surface area contributed by atoms with Gasteiger partial charge in [-0.15, -0.1) is 0 Å². The number of nitrogens with one attached hydrogen (secondary N) is 1. The van der Waals surface area contributed by atoms with Crippen LogP contribution in [0.4, 0.5) is 5.69 Å². The second kappa shape index (κ2) is 7.42. The highest BCUT2D eigenvalue weighted by atomic mass is 16.5. The first-order valence-corrected chi connectivity index (χ1v) is 8.38. The molecule has 3 aromatic rings. The fourth-order valence-electron chi connectivity index (χ4n) is 3.16. The molecule has 0 aliphatic heterocycles. The number of hydrogen-bond acceptors (Lipinski definition) is 5. The van der Waals surface area contributed by atoms with Crippen molar-refractivity contribution in [1.82, 2.24) is 4.98 Å². The lowest BCUT2D eigenvalue weighted by atomic mass is 10.0. The Kier molecular flexibility index (Phi) is 5.06. The van der Waals surface area contributed by atoms with Crippen molar-refractivity contribution in [1.29, 1.82) is 5.26 Å². The van der Waals surface area contributed by atoms with Crippen LogP contribution in [-0.4, -0.2) is 17.2 Å². The highest BCUT2D eigenvalue weighted by Crippen LogP contribution is 2.30. The Morgan fingerprint density at radius 3 is 2.65 bits per heavy atom. The number of fused-ring (bicyclic) bond motifs is 1. The van der Waals surface area contributed by atoms with Crippen LogP contribution in [0, 0.1) is 25.2 Å². The molecule has 0 spiro atoms. The van der Waals surface area contributed by atoms with Crippen LogP contribution in [0.3, 0.4) is 0 Å². The van der Waals surface area contributed by atoms with E-state index in [1.54, 1.807) is 13.3 Å². The minimum absolute atomic E-state index is 0.122. The Hall–Kier alpha value is -3.10. The average Bonchev–Trinajstić information content (AvgIpc) is 2.65. The van der Waals surface area contributed by atoms with Crippen molar-refractivity contribution < 1.29 is 9.84 Å². The first-order valence-electron chi connectivity index (χ1n) is 8.38. The number of hydrogen-bond donors (Lipinski definition) is 2. The number of ether oxygens (including phenoxy) is 1. The van der Waals surface area contributed by atoms with Gasteiger partial charge in [-0.3, -0.25) is 4.98 Å². The Morgan fingerprint density at radius 2 is 2.00 bits per heavy atom. The minimum atomic E-state index is -0.122. The summed E-state index contributed by atoms with van der Waals surface area (Å²) in [4.78, 5) is 4.45. The summed E-state index contributed by atoms with van der Waals surface area (Å²) < 4.78 is 5.30. The fraction of sp³-hybridized carbons (Fsp3) is 0.238. The Morgan fingerprint density at radius 1 is 1.19 bits per heavy atom. The van der Waals surface area contributed by atoms with Crippen molar-refractivity contribution in [3.05, 3.63) is 64.3 Å². The van der Waals surface area contributed by atoms with Gasteiger partial charge in [-0.05, 0) is 48.7 Å². The molecule has 0 aliphatic rings. The van der Waals surface area contributed by atoms with E-state index in [-0.39, 0.29) is 6.61 Å². The molecule has 0 saturated heterocycles. The number of pyridine rings is 1. The molecule has 5 heteroatoms. The summed E-state index contributed by atoms with van der Waals surface area (Å²) in [5, 5.41) is 23.3. The summed E-state index contributed by atoms with van der Waals surface area (Å²) in [5.41, 5.74) is 6.03. The molecular weight excluding hydrogens is 326 g/mol. The van der Waals surface area contributed by atoms with Crippen molar-refractivity contribution in [3.63, 3.8) is 0 Å². The number of aliphatic hydroxyl groups is 1. The van der Waals surface area contributed by atoms with Crippen LogP contribution >= 0.6 is 0 Å². The number of aromatic nitrogens is 1. The molecule has 3 rings (SSSR count). The largest absolute Gasteiger partial charge is 0.496 e. The van der Waals surface area contributed by atoms with Gasteiger partial charge < -0.3 is 15.2 Å². The lowest BCUT2D eigenvalue weighted by Crippen LogP contribution is -2.05. The topological polar surface area (TPSA) is 78.2 Å². The molecule has 5 nitrogen and oxygen atoms in total. The molecule has 2 N–H and O–H groups in total. The summed E-state index contributed by atoms with van der Waals surface area (Å²) in [6, 6.07) is 11.8. The van der Waals surface area contributed by atoms with E-state index in [0.717, 1.165) is 39.0 Å². The first-order chi connectivity index (χ1) is 12.6. The van der Waals surface area contributed by atoms with E-state index in [9.17, 15) is 10.4 Å². The van der Waals surface area contributed by atoms with E-state index >= 15 is 0 Å². The number of aliphatic hydroxyl groups excluding tert-OH is 1. The number of nitriles is 1. The van der Waals surface area contributed by atoms with Crippen molar-refractivity contribution in [2.24, 2.45) is 0 Å². The van der Waals surface area contributed by atoms with Crippen LogP contribution in [0.1, 0.15) is 27.8 Å². The third kappa shape index (κ3) is 3.32. The second-order valence-electron chi connectivity index (χ2n) is 6.28. The zero-order chi connectivity index (χ0) is 18.7. The number of aryl methyl sites for hydroxylation is 2. The third-order valence-electron chi connectivity index (χ3n) is 4.47. The van der Waals surface area contributed by atoms with E-state index in [1.807, 2.05) is 38.1 Å². The number of methoxy groups -OCH3 is 1. The molecule has 0 atom stereocenters. The standard InChI is InChI=1S/C21H21N3O2/c1-13-6-15(4-5-19(13)26-3)10-23-21-17(12-25)11-24-20-14(2)7-16(9-22)8-18(20)21/h4-8,11,25H,10,12H2,1-3H3,(H,23,24). The maximum Gasteiger partial charge on any atom is 0.121 e. The molecule has 0 saturated carbocycles. The van der Waals surface area contributed by atoms with Gasteiger partial charge in [0.15, 0.2) is 0 Å². The summed E-state index contributed by atoms with van der Waals surface area (Å²) in [7, 11) is 1.66. The summed E-state index contributed by atoms with van der Waals surface area (Å²) in [6.07, 6.45) is 1.68. The molecule has 1 heterocycles. The zero-order valence-electron chi connectivity index (χ0n) is 15.1. The Labute approximate surface area is 152 Å². The van der Waals surface area contributed by atoms with Crippen LogP contribution in [0.25, 0.3) is 10.9 Å². The van der Waals surface area contributed by atoms with Gasteiger partial charge in [0.25, 0.3) is 0 Å². The number of benzene rings is 2. The van der Waals surface area contributed by atoms with Crippen molar-refractivity contribution >= 4 is 16.6 Å². The Balaban J connectivity index is 2.02. The maximum absolute atomic E-state index is 9.72. The molecule has 0 bridgehead atoms. The SMILES string of the molecule is COc1ccc(CNc2c(CO)cnc3c(C)cc(C#N)cc23)cc1C. The molecule has 2 aromatic carbocycles. The quantitative estimate of drug-likeness (QED) is 0.733. The molecule has 0 radical (unpaired) electrons. The molecule has 0 aliphatic carbocycles. The van der Waals surface area contributed by atoms with Crippen LogP contribution in [-0.2, 0) is 13.2 Å². The summed E-state index contributed by atoms with van der Waals surface area (Å²) >= 11 is 0. The monoisotopic (exact) mass is 347 g/mol. The number of anilines is 1. The maximum atomic E-state index is 9.72. The van der Waals surface area contributed by atoms with E-state index < -0.39 is 0 Å². The molecule has 0 fully saturated rings. The molecular formula is C21H21N3O2. The predicted molar refractivity (Wildman–Crippen MR) is 102 cm³/mol. The smallest absolute Gasteiger partial charge is 0.121 e. The highest BCUT2D eigenvalue weighted by molar-refractivity contribution is 5.95. The van der Waals surface area contributed by atoms with Gasteiger partial charge in [0.1, 0.15) is 5.75 Å². The molecule has 0 amide bonds. The van der Waals surface area contributed by atoms with Gasteiger partial charge in [0.2, 0.25) is 0 Å². The van der Waals surface area contributed by atoms with Gasteiger partial charge in [0.05, 0.1) is 36.6 Å². The molecule has 26 heavy (non-hydrogen) atoms. The molecule has 132 valence electrons. The van der Waals surface area contributed by atoms with Gasteiger partial charge in [-0.25, -0.2) is 0 Å². The minimum Gasteiger partial charge on any atom is -0.496 e. The number of rotatable bonds is 5. The van der Waals surface area contributed by atoms with E-state index in [0.29, 0.717) is 17.7 Å². The predicted octanol–water partition coefficient (Wildman–Crippen LogP) is 3.84. The van der Waals surface area contributed by atoms with Gasteiger partial charge in [-0.1, -0.05) is 12.1 Å². The van der Waals surface area contributed by atoms with E-state index in [4.69, 9.17) is 4.74 Å². The van der Waals surface area contributed by atoms with Crippen molar-refractivity contribution in [3.8, 4) is 11.8 Å². The van der Waals surface area contributed by atoms with Gasteiger partial charge in [-0.2, -0.15) is 5.26 Å². The normalized spacial score (nSPS) is 10.6.